The Morgan fingerprint density at radius 3 is 1.69 bits per heavy atom. The Morgan fingerprint density at radius 2 is 1.19 bits per heavy atom. The minimum absolute atomic E-state index is 0.393. The van der Waals surface area contributed by atoms with E-state index in [0.29, 0.717) is 23.5 Å². The van der Waals surface area contributed by atoms with E-state index in [2.05, 4.69) is 45.4 Å². The summed E-state index contributed by atoms with van der Waals surface area (Å²) >= 11 is 0. The van der Waals surface area contributed by atoms with Gasteiger partial charge in [-0.3, -0.25) is 4.72 Å². The number of rotatable bonds is 14. The van der Waals surface area contributed by atoms with Crippen molar-refractivity contribution in [3.8, 4) is 0 Å². The summed E-state index contributed by atoms with van der Waals surface area (Å²) in [6.07, 6.45) is 3.04. The first-order chi connectivity index (χ1) is 17.1. The molecule has 4 N–H and O–H groups in total. The van der Waals surface area contributed by atoms with Crippen molar-refractivity contribution in [1.29, 1.82) is 0 Å². The number of hydrogen-bond acceptors (Lipinski definition) is 10. The lowest BCUT2D eigenvalue weighted by Gasteiger charge is -2.15. The number of benzene rings is 2. The van der Waals surface area contributed by atoms with Crippen molar-refractivity contribution in [1.82, 2.24) is 24.8 Å². The summed E-state index contributed by atoms with van der Waals surface area (Å²) in [7, 11) is 4.76. The smallest absolute Gasteiger partial charge is 0.233 e. The predicted octanol–water partition coefficient (Wildman–Crippen LogP) is 2.87. The van der Waals surface area contributed by atoms with Crippen molar-refractivity contribution >= 4 is 50.0 Å². The molecule has 1 heterocycles. The monoisotopic (exact) mass is 515 g/mol. The van der Waals surface area contributed by atoms with E-state index in [-0.39, 0.29) is 0 Å². The van der Waals surface area contributed by atoms with Crippen LogP contribution in [-0.2, 0) is 10.0 Å². The molecule has 196 valence electrons. The molecule has 36 heavy (non-hydrogen) atoms. The van der Waals surface area contributed by atoms with Crippen LogP contribution in [0.5, 0.6) is 0 Å². The number of anilines is 5. The van der Waals surface area contributed by atoms with Crippen molar-refractivity contribution in [3.05, 3.63) is 36.4 Å². The van der Waals surface area contributed by atoms with Crippen molar-refractivity contribution in [2.45, 2.75) is 12.8 Å². The molecule has 0 fully saturated rings. The molecule has 3 aromatic rings. The number of aromatic nitrogens is 3. The number of hydrogen-bond donors (Lipinski definition) is 4. The van der Waals surface area contributed by atoms with Crippen LogP contribution < -0.4 is 20.7 Å². The third-order valence-corrected chi connectivity index (χ3v) is 5.82. The van der Waals surface area contributed by atoms with Gasteiger partial charge < -0.3 is 25.8 Å². The van der Waals surface area contributed by atoms with E-state index in [1.807, 2.05) is 58.5 Å². The van der Waals surface area contributed by atoms with Gasteiger partial charge in [-0.25, -0.2) is 8.42 Å². The van der Waals surface area contributed by atoms with Gasteiger partial charge >= 0.3 is 0 Å². The zero-order valence-electron chi connectivity index (χ0n) is 21.7. The fourth-order valence-electron chi connectivity index (χ4n) is 3.61. The summed E-state index contributed by atoms with van der Waals surface area (Å²) in [4.78, 5) is 17.9. The lowest BCUT2D eigenvalue weighted by Crippen LogP contribution is -2.19. The first kappa shape index (κ1) is 27.4. The minimum atomic E-state index is -3.41. The maximum absolute atomic E-state index is 11.8. The second kappa shape index (κ2) is 12.7. The quantitative estimate of drug-likeness (QED) is 0.238. The van der Waals surface area contributed by atoms with E-state index in [1.54, 1.807) is 6.07 Å². The van der Waals surface area contributed by atoms with Crippen LogP contribution in [0.25, 0.3) is 10.8 Å². The molecule has 3 rings (SSSR count). The molecule has 0 atom stereocenters. The summed E-state index contributed by atoms with van der Waals surface area (Å²) in [5.41, 5.74) is 1.27. The molecular formula is C24H37N9O2S. The molecular weight excluding hydrogens is 478 g/mol. The SMILES string of the molecule is CN(C)CCCNc1nc(NCCCN(C)C)nc(Nc2cccc3c(NS(C)(=O)=O)cccc23)n1. The average Bonchev–Trinajstić information content (AvgIpc) is 2.79. The van der Waals surface area contributed by atoms with Gasteiger partial charge in [0, 0.05) is 29.5 Å². The van der Waals surface area contributed by atoms with E-state index in [4.69, 9.17) is 0 Å². The van der Waals surface area contributed by atoms with E-state index < -0.39 is 10.0 Å². The molecule has 0 bridgehead atoms. The maximum atomic E-state index is 11.8. The number of sulfonamides is 1. The third kappa shape index (κ3) is 8.77. The normalized spacial score (nSPS) is 11.8. The molecule has 0 saturated carbocycles. The van der Waals surface area contributed by atoms with Crippen LogP contribution in [0, 0.1) is 0 Å². The van der Waals surface area contributed by atoms with E-state index in [9.17, 15) is 8.42 Å². The summed E-state index contributed by atoms with van der Waals surface area (Å²) in [6.45, 7) is 3.38. The highest BCUT2D eigenvalue weighted by Crippen LogP contribution is 2.31. The Morgan fingerprint density at radius 1 is 0.722 bits per heavy atom. The minimum Gasteiger partial charge on any atom is -0.354 e. The molecule has 0 aliphatic carbocycles. The van der Waals surface area contributed by atoms with E-state index in [0.717, 1.165) is 61.7 Å². The molecule has 2 aromatic carbocycles. The molecule has 0 aliphatic rings. The molecule has 0 aliphatic heterocycles. The van der Waals surface area contributed by atoms with Gasteiger partial charge in [0.15, 0.2) is 0 Å². The maximum Gasteiger partial charge on any atom is 0.233 e. The molecule has 11 nitrogen and oxygen atoms in total. The third-order valence-electron chi connectivity index (χ3n) is 5.23. The zero-order chi connectivity index (χ0) is 26.1. The second-order valence-electron chi connectivity index (χ2n) is 9.18. The Bertz CT molecular complexity index is 1220. The molecule has 0 saturated heterocycles. The molecule has 0 amide bonds. The second-order valence-corrected chi connectivity index (χ2v) is 10.9. The molecule has 0 radical (unpaired) electrons. The Hall–Kier alpha value is -3.22. The van der Waals surface area contributed by atoms with Crippen molar-refractivity contribution in [3.63, 3.8) is 0 Å². The van der Waals surface area contributed by atoms with Gasteiger partial charge in [0.1, 0.15) is 0 Å². The summed E-state index contributed by atoms with van der Waals surface area (Å²) in [5, 5.41) is 11.5. The van der Waals surface area contributed by atoms with Crippen LogP contribution >= 0.6 is 0 Å². The molecule has 1 aromatic heterocycles. The summed E-state index contributed by atoms with van der Waals surface area (Å²) in [5.74, 6) is 1.37. The van der Waals surface area contributed by atoms with Crippen molar-refractivity contribution in [2.24, 2.45) is 0 Å². The lowest BCUT2D eigenvalue weighted by atomic mass is 10.1. The van der Waals surface area contributed by atoms with Crippen LogP contribution in [0.4, 0.5) is 29.2 Å². The summed E-state index contributed by atoms with van der Waals surface area (Å²) in [6, 6.07) is 11.1. The Labute approximate surface area is 213 Å². The van der Waals surface area contributed by atoms with Crippen LogP contribution in [0.15, 0.2) is 36.4 Å². The van der Waals surface area contributed by atoms with Gasteiger partial charge in [-0.1, -0.05) is 24.3 Å². The topological polar surface area (TPSA) is 127 Å². The number of fused-ring (bicyclic) bond motifs is 1. The molecule has 0 spiro atoms. The van der Waals surface area contributed by atoms with Crippen LogP contribution in [0.1, 0.15) is 12.8 Å². The van der Waals surface area contributed by atoms with Gasteiger partial charge in [-0.2, -0.15) is 15.0 Å². The van der Waals surface area contributed by atoms with Crippen LogP contribution in [0.3, 0.4) is 0 Å². The van der Waals surface area contributed by atoms with Crippen LogP contribution in [-0.4, -0.2) is 93.8 Å². The first-order valence-electron chi connectivity index (χ1n) is 11.9. The van der Waals surface area contributed by atoms with Crippen LogP contribution in [0.2, 0.25) is 0 Å². The first-order valence-corrected chi connectivity index (χ1v) is 13.8. The largest absolute Gasteiger partial charge is 0.354 e. The van der Waals surface area contributed by atoms with Crippen molar-refractivity contribution < 1.29 is 8.42 Å². The lowest BCUT2D eigenvalue weighted by molar-refractivity contribution is 0.405. The number of nitrogens with one attached hydrogen (secondary N) is 4. The fraction of sp³-hybridized carbons (Fsp3) is 0.458. The highest BCUT2D eigenvalue weighted by atomic mass is 32.2. The van der Waals surface area contributed by atoms with Gasteiger partial charge in [-0.15, -0.1) is 0 Å². The highest BCUT2D eigenvalue weighted by Gasteiger charge is 2.11. The zero-order valence-corrected chi connectivity index (χ0v) is 22.5. The average molecular weight is 516 g/mol. The van der Waals surface area contributed by atoms with Gasteiger partial charge in [0.25, 0.3) is 0 Å². The van der Waals surface area contributed by atoms with Gasteiger partial charge in [0.2, 0.25) is 27.9 Å². The highest BCUT2D eigenvalue weighted by molar-refractivity contribution is 7.92. The fourth-order valence-corrected chi connectivity index (χ4v) is 4.19. The van der Waals surface area contributed by atoms with E-state index >= 15 is 0 Å². The van der Waals surface area contributed by atoms with Gasteiger partial charge in [-0.05, 0) is 66.3 Å². The van der Waals surface area contributed by atoms with E-state index in [1.165, 1.54) is 0 Å². The number of nitrogens with zero attached hydrogens (tertiary/aromatic N) is 5. The standard InChI is InChI=1S/C24H37N9O2S/c1-32(2)16-8-14-25-22-28-23(26-15-9-17-33(3)4)30-24(29-22)27-20-12-6-11-19-18(20)10-7-13-21(19)31-36(5,34)35/h6-7,10-13,31H,8-9,14-17H2,1-5H3,(H3,25,26,27,28,29,30). The Balaban J connectivity index is 1.85. The Kier molecular flexibility index (Phi) is 9.62. The molecule has 0 unspecified atom stereocenters. The predicted molar refractivity (Wildman–Crippen MR) is 149 cm³/mol. The van der Waals surface area contributed by atoms with Gasteiger partial charge in [0.05, 0.1) is 11.9 Å². The molecule has 12 heteroatoms. The summed E-state index contributed by atoms with van der Waals surface area (Å²) < 4.78 is 26.2. The van der Waals surface area contributed by atoms with Crippen molar-refractivity contribution in [2.75, 3.05) is 81.3 Å².